The number of ketones is 1. The van der Waals surface area contributed by atoms with Gasteiger partial charge in [-0.2, -0.15) is 5.10 Å². The largest absolute Gasteiger partial charge is 0.293 e. The van der Waals surface area contributed by atoms with Crippen molar-refractivity contribution in [3.63, 3.8) is 0 Å². The second-order valence-corrected chi connectivity index (χ2v) is 4.36. The molecule has 92 valence electrons. The SMILES string of the molecule is CCC/C(=N\Nc1cccc(Cl)c1Cl)C(C)=O. The first-order chi connectivity index (χ1) is 8.06. The topological polar surface area (TPSA) is 41.5 Å². The molecule has 0 fully saturated rings. The lowest BCUT2D eigenvalue weighted by molar-refractivity contribution is -0.111. The number of anilines is 1. The number of hydrogen-bond donors (Lipinski definition) is 1. The van der Waals surface area contributed by atoms with Gasteiger partial charge in [-0.3, -0.25) is 10.2 Å². The summed E-state index contributed by atoms with van der Waals surface area (Å²) < 4.78 is 0. The molecule has 0 aromatic heterocycles. The second-order valence-electron chi connectivity index (χ2n) is 3.58. The average Bonchev–Trinajstić information content (AvgIpc) is 2.29. The van der Waals surface area contributed by atoms with Gasteiger partial charge in [0.05, 0.1) is 15.7 Å². The molecule has 0 spiro atoms. The minimum absolute atomic E-state index is 0.0440. The zero-order chi connectivity index (χ0) is 12.8. The molecule has 0 heterocycles. The summed E-state index contributed by atoms with van der Waals surface area (Å²) in [6.45, 7) is 3.49. The third kappa shape index (κ3) is 4.02. The highest BCUT2D eigenvalue weighted by molar-refractivity contribution is 6.43. The molecular weight excluding hydrogens is 259 g/mol. The fraction of sp³-hybridized carbons (Fsp3) is 0.333. The summed E-state index contributed by atoms with van der Waals surface area (Å²) in [6, 6.07) is 5.21. The maximum absolute atomic E-state index is 11.3. The molecule has 0 saturated carbocycles. The van der Waals surface area contributed by atoms with Crippen LogP contribution in [0.2, 0.25) is 10.0 Å². The van der Waals surface area contributed by atoms with Gasteiger partial charge in [0.25, 0.3) is 0 Å². The summed E-state index contributed by atoms with van der Waals surface area (Å²) in [5, 5.41) is 4.91. The number of rotatable bonds is 5. The monoisotopic (exact) mass is 272 g/mol. The number of Topliss-reactive ketones (excluding diaryl/α,β-unsaturated/α-hetero) is 1. The van der Waals surface area contributed by atoms with Crippen LogP contribution in [0.4, 0.5) is 5.69 Å². The number of carbonyl (C=O) groups is 1. The van der Waals surface area contributed by atoms with E-state index in [1.807, 2.05) is 6.92 Å². The van der Waals surface area contributed by atoms with Crippen LogP contribution in [-0.4, -0.2) is 11.5 Å². The van der Waals surface area contributed by atoms with Gasteiger partial charge in [-0.25, -0.2) is 0 Å². The van der Waals surface area contributed by atoms with Gasteiger partial charge < -0.3 is 0 Å². The molecule has 0 amide bonds. The third-order valence-electron chi connectivity index (χ3n) is 2.16. The Bertz CT molecular complexity index is 444. The summed E-state index contributed by atoms with van der Waals surface area (Å²) in [6.07, 6.45) is 1.50. The lowest BCUT2D eigenvalue weighted by Crippen LogP contribution is -2.11. The van der Waals surface area contributed by atoms with Crippen LogP contribution in [-0.2, 0) is 4.79 Å². The fourth-order valence-corrected chi connectivity index (χ4v) is 1.61. The van der Waals surface area contributed by atoms with E-state index >= 15 is 0 Å². The number of hydrazone groups is 1. The summed E-state index contributed by atoms with van der Waals surface area (Å²) in [7, 11) is 0. The third-order valence-corrected chi connectivity index (χ3v) is 2.98. The van der Waals surface area contributed by atoms with Crippen LogP contribution in [0.1, 0.15) is 26.7 Å². The molecule has 3 nitrogen and oxygen atoms in total. The molecular formula is C12H14Cl2N2O. The first-order valence-electron chi connectivity index (χ1n) is 5.33. The van der Waals surface area contributed by atoms with Crippen molar-refractivity contribution in [2.24, 2.45) is 5.10 Å². The highest BCUT2D eigenvalue weighted by Gasteiger charge is 2.06. The van der Waals surface area contributed by atoms with Gasteiger partial charge in [0.15, 0.2) is 5.78 Å². The lowest BCUT2D eigenvalue weighted by Gasteiger charge is -2.06. The standard InChI is InChI=1S/C12H14Cl2N2O/c1-3-5-10(8(2)17)15-16-11-7-4-6-9(13)12(11)14/h4,6-7,16H,3,5H2,1-2H3/b15-10+. The number of carbonyl (C=O) groups excluding carboxylic acids is 1. The van der Waals surface area contributed by atoms with E-state index in [9.17, 15) is 4.79 Å². The van der Waals surface area contributed by atoms with Crippen molar-refractivity contribution >= 4 is 40.4 Å². The van der Waals surface area contributed by atoms with Crippen LogP contribution in [0, 0.1) is 0 Å². The Morgan fingerprint density at radius 2 is 2.12 bits per heavy atom. The molecule has 0 saturated heterocycles. The maximum atomic E-state index is 11.3. The van der Waals surface area contributed by atoms with E-state index in [-0.39, 0.29) is 5.78 Å². The summed E-state index contributed by atoms with van der Waals surface area (Å²) >= 11 is 11.9. The number of nitrogens with zero attached hydrogens (tertiary/aromatic N) is 1. The van der Waals surface area contributed by atoms with E-state index < -0.39 is 0 Å². The molecule has 0 atom stereocenters. The molecule has 1 aromatic carbocycles. The number of nitrogens with one attached hydrogen (secondary N) is 1. The van der Waals surface area contributed by atoms with Crippen molar-refractivity contribution in [3.8, 4) is 0 Å². The van der Waals surface area contributed by atoms with E-state index in [0.717, 1.165) is 6.42 Å². The van der Waals surface area contributed by atoms with Gasteiger partial charge >= 0.3 is 0 Å². The normalized spacial score (nSPS) is 11.4. The van der Waals surface area contributed by atoms with Gasteiger partial charge in [0.1, 0.15) is 5.71 Å². The Labute approximate surface area is 111 Å². The minimum atomic E-state index is -0.0440. The smallest absolute Gasteiger partial charge is 0.175 e. The van der Waals surface area contributed by atoms with Gasteiger partial charge in [0, 0.05) is 6.92 Å². The summed E-state index contributed by atoms with van der Waals surface area (Å²) in [4.78, 5) is 11.3. The van der Waals surface area contributed by atoms with Crippen molar-refractivity contribution in [1.82, 2.24) is 0 Å². The first kappa shape index (κ1) is 14.0. The van der Waals surface area contributed by atoms with Crippen molar-refractivity contribution in [3.05, 3.63) is 28.2 Å². The molecule has 0 radical (unpaired) electrons. The van der Waals surface area contributed by atoms with Crippen LogP contribution in [0.5, 0.6) is 0 Å². The molecule has 5 heteroatoms. The van der Waals surface area contributed by atoms with Crippen molar-refractivity contribution < 1.29 is 4.79 Å². The molecule has 0 unspecified atom stereocenters. The molecule has 0 aliphatic carbocycles. The lowest BCUT2D eigenvalue weighted by atomic mass is 10.2. The van der Waals surface area contributed by atoms with Crippen molar-refractivity contribution in [2.45, 2.75) is 26.7 Å². The van der Waals surface area contributed by atoms with Crippen LogP contribution in [0.25, 0.3) is 0 Å². The average molecular weight is 273 g/mol. The van der Waals surface area contributed by atoms with Gasteiger partial charge in [0.2, 0.25) is 0 Å². The van der Waals surface area contributed by atoms with E-state index in [1.165, 1.54) is 6.92 Å². The first-order valence-corrected chi connectivity index (χ1v) is 6.09. The van der Waals surface area contributed by atoms with Crippen LogP contribution < -0.4 is 5.43 Å². The van der Waals surface area contributed by atoms with Crippen LogP contribution in [0.3, 0.4) is 0 Å². The molecule has 1 aromatic rings. The number of benzene rings is 1. The highest BCUT2D eigenvalue weighted by atomic mass is 35.5. The zero-order valence-electron chi connectivity index (χ0n) is 9.76. The van der Waals surface area contributed by atoms with Crippen molar-refractivity contribution in [1.29, 1.82) is 0 Å². The minimum Gasteiger partial charge on any atom is -0.293 e. The van der Waals surface area contributed by atoms with Crippen molar-refractivity contribution in [2.75, 3.05) is 5.43 Å². The fourth-order valence-electron chi connectivity index (χ4n) is 1.27. The molecule has 0 aliphatic heterocycles. The van der Waals surface area contributed by atoms with E-state index in [0.29, 0.717) is 27.9 Å². The van der Waals surface area contributed by atoms with Gasteiger partial charge in [-0.05, 0) is 18.6 Å². The Morgan fingerprint density at radius 3 is 2.71 bits per heavy atom. The van der Waals surface area contributed by atoms with E-state index in [1.54, 1.807) is 18.2 Å². The summed E-state index contributed by atoms with van der Waals surface area (Å²) in [5.41, 5.74) is 3.87. The van der Waals surface area contributed by atoms with Gasteiger partial charge in [-0.15, -0.1) is 0 Å². The maximum Gasteiger partial charge on any atom is 0.175 e. The zero-order valence-corrected chi connectivity index (χ0v) is 11.3. The molecule has 0 bridgehead atoms. The molecule has 0 aliphatic rings. The predicted octanol–water partition coefficient (Wildman–Crippen LogP) is 4.15. The van der Waals surface area contributed by atoms with Crippen LogP contribution in [0.15, 0.2) is 23.3 Å². The van der Waals surface area contributed by atoms with Gasteiger partial charge in [-0.1, -0.05) is 42.6 Å². The number of hydrogen-bond acceptors (Lipinski definition) is 3. The Hall–Kier alpha value is -1.06. The Kier molecular flexibility index (Phi) is 5.45. The quantitative estimate of drug-likeness (QED) is 0.646. The summed E-state index contributed by atoms with van der Waals surface area (Å²) in [5.74, 6) is -0.0440. The Morgan fingerprint density at radius 1 is 1.41 bits per heavy atom. The van der Waals surface area contributed by atoms with E-state index in [2.05, 4.69) is 10.5 Å². The predicted molar refractivity (Wildman–Crippen MR) is 73.1 cm³/mol. The van der Waals surface area contributed by atoms with E-state index in [4.69, 9.17) is 23.2 Å². The molecule has 1 rings (SSSR count). The molecule has 17 heavy (non-hydrogen) atoms. The molecule has 1 N–H and O–H groups in total. The van der Waals surface area contributed by atoms with Crippen LogP contribution >= 0.6 is 23.2 Å². The number of halogens is 2. The highest BCUT2D eigenvalue weighted by Crippen LogP contribution is 2.29. The Balaban J connectivity index is 2.87. The second kappa shape index (κ2) is 6.62.